The van der Waals surface area contributed by atoms with E-state index in [9.17, 15) is 4.79 Å². The zero-order chi connectivity index (χ0) is 13.9. The van der Waals surface area contributed by atoms with E-state index in [2.05, 4.69) is 11.1 Å². The second-order valence-corrected chi connectivity index (χ2v) is 4.47. The highest BCUT2D eigenvalue weighted by Gasteiger charge is 2.17. The van der Waals surface area contributed by atoms with Gasteiger partial charge in [0.05, 0.1) is 22.9 Å². The van der Waals surface area contributed by atoms with Crippen molar-refractivity contribution in [2.45, 2.75) is 20.8 Å². The Morgan fingerprint density at radius 3 is 2.72 bits per heavy atom. The third-order valence-corrected chi connectivity index (χ3v) is 2.80. The Labute approximate surface area is 107 Å². The van der Waals surface area contributed by atoms with Gasteiger partial charge in [-0.05, 0) is 19.9 Å². The first kappa shape index (κ1) is 14.0. The van der Waals surface area contributed by atoms with Crippen LogP contribution >= 0.6 is 0 Å². The first-order valence-electron chi connectivity index (χ1n) is 5.69. The summed E-state index contributed by atoms with van der Waals surface area (Å²) in [5.41, 5.74) is 2.72. The molecule has 0 spiro atoms. The molecule has 1 unspecified atom stereocenters. The second-order valence-electron chi connectivity index (χ2n) is 4.47. The van der Waals surface area contributed by atoms with E-state index in [0.29, 0.717) is 17.8 Å². The van der Waals surface area contributed by atoms with Crippen LogP contribution in [0.15, 0.2) is 6.07 Å². The first-order chi connectivity index (χ1) is 8.36. The van der Waals surface area contributed by atoms with Crippen LogP contribution in [0, 0.1) is 31.1 Å². The SMILES string of the molecule is Cc1cc(N(C)CC(C)C(=O)O)c(C#N)c(C)n1. The largest absolute Gasteiger partial charge is 0.481 e. The van der Waals surface area contributed by atoms with Crippen molar-refractivity contribution in [3.05, 3.63) is 23.0 Å². The molecule has 0 aliphatic rings. The Morgan fingerprint density at radius 1 is 1.61 bits per heavy atom. The Kier molecular flexibility index (Phi) is 4.27. The summed E-state index contributed by atoms with van der Waals surface area (Å²) in [6, 6.07) is 3.93. The summed E-state index contributed by atoms with van der Waals surface area (Å²) in [7, 11) is 1.79. The summed E-state index contributed by atoms with van der Waals surface area (Å²) in [5, 5.41) is 18.1. The summed E-state index contributed by atoms with van der Waals surface area (Å²) in [4.78, 5) is 16.9. The molecule has 5 nitrogen and oxygen atoms in total. The van der Waals surface area contributed by atoms with Gasteiger partial charge < -0.3 is 10.0 Å². The summed E-state index contributed by atoms with van der Waals surface area (Å²) in [6.45, 7) is 5.63. The van der Waals surface area contributed by atoms with Gasteiger partial charge in [-0.2, -0.15) is 5.26 Å². The van der Waals surface area contributed by atoms with Gasteiger partial charge in [0.1, 0.15) is 6.07 Å². The number of aromatic nitrogens is 1. The number of carbonyl (C=O) groups is 1. The van der Waals surface area contributed by atoms with Crippen molar-refractivity contribution >= 4 is 11.7 Å². The Morgan fingerprint density at radius 2 is 2.22 bits per heavy atom. The first-order valence-corrected chi connectivity index (χ1v) is 5.69. The molecule has 0 bridgehead atoms. The lowest BCUT2D eigenvalue weighted by Crippen LogP contribution is -2.29. The van der Waals surface area contributed by atoms with Gasteiger partial charge in [-0.1, -0.05) is 6.92 Å². The zero-order valence-corrected chi connectivity index (χ0v) is 11.1. The molecule has 1 heterocycles. The molecule has 0 aliphatic carbocycles. The molecule has 0 fully saturated rings. The molecule has 1 N–H and O–H groups in total. The molecule has 96 valence electrons. The van der Waals surface area contributed by atoms with Crippen molar-refractivity contribution in [2.24, 2.45) is 5.92 Å². The van der Waals surface area contributed by atoms with Crippen LogP contribution in [-0.2, 0) is 4.79 Å². The van der Waals surface area contributed by atoms with Crippen molar-refractivity contribution in [3.63, 3.8) is 0 Å². The molecule has 0 saturated heterocycles. The molecule has 0 aromatic carbocycles. The number of anilines is 1. The van der Waals surface area contributed by atoms with Crippen LogP contribution in [0.1, 0.15) is 23.9 Å². The third kappa shape index (κ3) is 2.98. The molecular formula is C13H17N3O2. The Bertz CT molecular complexity index is 506. The fourth-order valence-corrected chi connectivity index (χ4v) is 1.83. The highest BCUT2D eigenvalue weighted by Crippen LogP contribution is 2.22. The van der Waals surface area contributed by atoms with Crippen LogP contribution in [0.2, 0.25) is 0 Å². The van der Waals surface area contributed by atoms with Gasteiger partial charge in [-0.3, -0.25) is 9.78 Å². The van der Waals surface area contributed by atoms with Gasteiger partial charge in [0, 0.05) is 19.3 Å². The summed E-state index contributed by atoms with van der Waals surface area (Å²) in [6.07, 6.45) is 0. The smallest absolute Gasteiger partial charge is 0.308 e. The van der Waals surface area contributed by atoms with Gasteiger partial charge in [-0.25, -0.2) is 0 Å². The normalized spacial score (nSPS) is 11.7. The predicted octanol–water partition coefficient (Wildman–Crippen LogP) is 1.73. The molecule has 0 aliphatic heterocycles. The second kappa shape index (κ2) is 5.50. The number of nitriles is 1. The molecule has 18 heavy (non-hydrogen) atoms. The molecule has 1 aromatic heterocycles. The van der Waals surface area contributed by atoms with Gasteiger partial charge in [0.25, 0.3) is 0 Å². The number of nitrogens with zero attached hydrogens (tertiary/aromatic N) is 3. The van der Waals surface area contributed by atoms with Gasteiger partial charge in [0.15, 0.2) is 0 Å². The van der Waals surface area contributed by atoms with E-state index < -0.39 is 11.9 Å². The fraction of sp³-hybridized carbons (Fsp3) is 0.462. The van der Waals surface area contributed by atoms with Crippen molar-refractivity contribution in [1.29, 1.82) is 5.26 Å². The van der Waals surface area contributed by atoms with Crippen LogP contribution in [-0.4, -0.2) is 29.7 Å². The maximum absolute atomic E-state index is 10.9. The van der Waals surface area contributed by atoms with E-state index in [1.54, 1.807) is 31.9 Å². The van der Waals surface area contributed by atoms with Crippen molar-refractivity contribution in [1.82, 2.24) is 4.98 Å². The molecular weight excluding hydrogens is 230 g/mol. The lowest BCUT2D eigenvalue weighted by atomic mass is 10.1. The molecule has 5 heteroatoms. The minimum Gasteiger partial charge on any atom is -0.481 e. The summed E-state index contributed by atoms with van der Waals surface area (Å²) >= 11 is 0. The topological polar surface area (TPSA) is 77.2 Å². The molecule has 1 rings (SSSR count). The van der Waals surface area contributed by atoms with Crippen LogP contribution in [0.3, 0.4) is 0 Å². The minimum atomic E-state index is -0.845. The number of rotatable bonds is 4. The maximum atomic E-state index is 10.9. The number of carboxylic acid groups (broad SMARTS) is 1. The molecule has 0 amide bonds. The van der Waals surface area contributed by atoms with Gasteiger partial charge >= 0.3 is 5.97 Å². The van der Waals surface area contributed by atoms with E-state index in [-0.39, 0.29) is 0 Å². The van der Waals surface area contributed by atoms with Crippen LogP contribution in [0.5, 0.6) is 0 Å². The van der Waals surface area contributed by atoms with E-state index in [1.165, 1.54) is 0 Å². The standard InChI is InChI=1S/C13H17N3O2/c1-8(13(17)18)7-16(4)12-5-9(2)15-10(3)11(12)6-14/h5,8H,7H2,1-4H3,(H,17,18). The van der Waals surface area contributed by atoms with Gasteiger partial charge in [0.2, 0.25) is 0 Å². The van der Waals surface area contributed by atoms with E-state index in [4.69, 9.17) is 10.4 Å². The fourth-order valence-electron chi connectivity index (χ4n) is 1.83. The molecule has 1 atom stereocenters. The Balaban J connectivity index is 3.09. The van der Waals surface area contributed by atoms with Crippen LogP contribution in [0.4, 0.5) is 5.69 Å². The lowest BCUT2D eigenvalue weighted by molar-refractivity contribution is -0.140. The lowest BCUT2D eigenvalue weighted by Gasteiger charge is -2.23. The van der Waals surface area contributed by atoms with Crippen molar-refractivity contribution < 1.29 is 9.90 Å². The van der Waals surface area contributed by atoms with E-state index in [1.807, 2.05) is 6.92 Å². The highest BCUT2D eigenvalue weighted by atomic mass is 16.4. The van der Waals surface area contributed by atoms with Crippen molar-refractivity contribution in [2.75, 3.05) is 18.5 Å². The number of hydrogen-bond acceptors (Lipinski definition) is 4. The number of carboxylic acids is 1. The molecule has 0 saturated carbocycles. The molecule has 0 radical (unpaired) electrons. The van der Waals surface area contributed by atoms with E-state index in [0.717, 1.165) is 11.4 Å². The summed E-state index contributed by atoms with van der Waals surface area (Å²) < 4.78 is 0. The van der Waals surface area contributed by atoms with Crippen molar-refractivity contribution in [3.8, 4) is 6.07 Å². The maximum Gasteiger partial charge on any atom is 0.308 e. The predicted molar refractivity (Wildman–Crippen MR) is 68.5 cm³/mol. The monoisotopic (exact) mass is 247 g/mol. The average Bonchev–Trinajstić information content (AvgIpc) is 2.27. The average molecular weight is 247 g/mol. The number of aryl methyl sites for hydroxylation is 2. The number of hydrogen-bond donors (Lipinski definition) is 1. The third-order valence-electron chi connectivity index (χ3n) is 2.80. The molecule has 1 aromatic rings. The Hall–Kier alpha value is -2.09. The number of aliphatic carboxylic acids is 1. The quantitative estimate of drug-likeness (QED) is 0.876. The van der Waals surface area contributed by atoms with E-state index >= 15 is 0 Å². The minimum absolute atomic E-state index is 0.354. The highest BCUT2D eigenvalue weighted by molar-refractivity contribution is 5.71. The summed E-state index contributed by atoms with van der Waals surface area (Å²) in [5.74, 6) is -1.34. The van der Waals surface area contributed by atoms with Crippen LogP contribution < -0.4 is 4.90 Å². The number of pyridine rings is 1. The zero-order valence-electron chi connectivity index (χ0n) is 11.1. The van der Waals surface area contributed by atoms with Gasteiger partial charge in [-0.15, -0.1) is 0 Å². The van der Waals surface area contributed by atoms with Crippen LogP contribution in [0.25, 0.3) is 0 Å².